The highest BCUT2D eigenvalue weighted by Crippen LogP contribution is 2.09. The summed E-state index contributed by atoms with van der Waals surface area (Å²) in [4.78, 5) is 46.2. The third kappa shape index (κ3) is 9.30. The number of carbonyl (C=O) groups is 4. The Morgan fingerprint density at radius 3 is 1.90 bits per heavy atom. The van der Waals surface area contributed by atoms with Gasteiger partial charge in [-0.1, -0.05) is 13.0 Å². The molecule has 0 fully saturated rings. The Morgan fingerprint density at radius 2 is 1.37 bits per heavy atom. The number of aliphatic hydroxyl groups excluding tert-OH is 2. The zero-order valence-corrected chi connectivity index (χ0v) is 16.6. The van der Waals surface area contributed by atoms with Crippen LogP contribution in [0.25, 0.3) is 0 Å². The first-order chi connectivity index (χ1) is 14.3. The summed E-state index contributed by atoms with van der Waals surface area (Å²) < 4.78 is 18.9. The van der Waals surface area contributed by atoms with Crippen LogP contribution in [0.5, 0.6) is 0 Å². The molecule has 2 unspecified atom stereocenters. The number of ether oxygens (including phenoxy) is 4. The number of hydrogen-bond acceptors (Lipinski definition) is 10. The maximum absolute atomic E-state index is 12.1. The van der Waals surface area contributed by atoms with E-state index in [4.69, 9.17) is 9.47 Å². The second-order valence-electron chi connectivity index (χ2n) is 5.98. The molecule has 0 amide bonds. The van der Waals surface area contributed by atoms with Crippen molar-refractivity contribution in [3.05, 3.63) is 47.5 Å². The van der Waals surface area contributed by atoms with Crippen molar-refractivity contribution in [2.24, 2.45) is 0 Å². The molecule has 0 spiro atoms. The van der Waals surface area contributed by atoms with Gasteiger partial charge in [-0.3, -0.25) is 0 Å². The van der Waals surface area contributed by atoms with Crippen LogP contribution in [-0.2, 0) is 28.5 Å². The van der Waals surface area contributed by atoms with Gasteiger partial charge in [-0.15, -0.1) is 0 Å². The third-order valence-corrected chi connectivity index (χ3v) is 3.59. The third-order valence-electron chi connectivity index (χ3n) is 3.59. The summed E-state index contributed by atoms with van der Waals surface area (Å²) in [5.41, 5.74) is 0.144. The molecule has 10 heteroatoms. The minimum atomic E-state index is -1.30. The Morgan fingerprint density at radius 1 is 0.867 bits per heavy atom. The summed E-state index contributed by atoms with van der Waals surface area (Å²) in [5, 5.41) is 19.2. The molecule has 1 aromatic rings. The maximum atomic E-state index is 12.1. The highest BCUT2D eigenvalue weighted by Gasteiger charge is 2.16. The van der Waals surface area contributed by atoms with Gasteiger partial charge >= 0.3 is 23.9 Å². The number of hydrogen-bond donors (Lipinski definition) is 2. The molecule has 0 bridgehead atoms. The fourth-order valence-corrected chi connectivity index (χ4v) is 1.88. The predicted molar refractivity (Wildman–Crippen MR) is 101 cm³/mol. The SMILES string of the molecule is CCC(O)COC(=O)c1cccc(C(=O)OCC(O)COC(=O)/C=C/C(=O)OC)c1. The van der Waals surface area contributed by atoms with Crippen LogP contribution in [0.4, 0.5) is 0 Å². The van der Waals surface area contributed by atoms with Gasteiger partial charge in [-0.2, -0.15) is 0 Å². The molecular weight excluding hydrogens is 400 g/mol. The first-order valence-corrected chi connectivity index (χ1v) is 9.00. The van der Waals surface area contributed by atoms with Gasteiger partial charge in [0.15, 0.2) is 0 Å². The zero-order valence-electron chi connectivity index (χ0n) is 16.6. The molecule has 0 heterocycles. The van der Waals surface area contributed by atoms with Crippen LogP contribution in [0.3, 0.4) is 0 Å². The van der Waals surface area contributed by atoms with E-state index in [0.29, 0.717) is 6.42 Å². The number of methoxy groups -OCH3 is 1. The molecular formula is C20H24O10. The molecule has 10 nitrogen and oxygen atoms in total. The van der Waals surface area contributed by atoms with Crippen molar-refractivity contribution < 1.29 is 48.3 Å². The summed E-state index contributed by atoms with van der Waals surface area (Å²) >= 11 is 0. The smallest absolute Gasteiger partial charge is 0.338 e. The zero-order chi connectivity index (χ0) is 22.5. The van der Waals surface area contributed by atoms with Crippen LogP contribution >= 0.6 is 0 Å². The van der Waals surface area contributed by atoms with Gasteiger partial charge in [-0.05, 0) is 24.6 Å². The first kappa shape index (κ1) is 24.8. The Hall–Kier alpha value is -3.24. The van der Waals surface area contributed by atoms with E-state index in [1.54, 1.807) is 6.92 Å². The fraction of sp³-hybridized carbons (Fsp3) is 0.400. The van der Waals surface area contributed by atoms with Crippen LogP contribution in [-0.4, -0.2) is 73.2 Å². The molecule has 0 saturated heterocycles. The van der Waals surface area contributed by atoms with Gasteiger partial charge in [0, 0.05) is 12.2 Å². The molecule has 2 atom stereocenters. The molecule has 0 aliphatic carbocycles. The van der Waals surface area contributed by atoms with Crippen LogP contribution in [0.1, 0.15) is 34.1 Å². The van der Waals surface area contributed by atoms with E-state index in [9.17, 15) is 29.4 Å². The van der Waals surface area contributed by atoms with E-state index in [0.717, 1.165) is 19.3 Å². The summed E-state index contributed by atoms with van der Waals surface area (Å²) in [5.74, 6) is -3.14. The average Bonchev–Trinajstić information content (AvgIpc) is 2.77. The molecule has 30 heavy (non-hydrogen) atoms. The largest absolute Gasteiger partial charge is 0.466 e. The number of aliphatic hydroxyl groups is 2. The lowest BCUT2D eigenvalue weighted by molar-refractivity contribution is -0.142. The van der Waals surface area contributed by atoms with Crippen molar-refractivity contribution in [3.63, 3.8) is 0 Å². The van der Waals surface area contributed by atoms with Gasteiger partial charge in [0.1, 0.15) is 25.9 Å². The number of carbonyl (C=O) groups excluding carboxylic acids is 4. The number of benzene rings is 1. The lowest BCUT2D eigenvalue weighted by atomic mass is 10.1. The lowest BCUT2D eigenvalue weighted by Gasteiger charge is -2.12. The second-order valence-corrected chi connectivity index (χ2v) is 5.98. The van der Waals surface area contributed by atoms with Gasteiger partial charge in [-0.25, -0.2) is 19.2 Å². The first-order valence-electron chi connectivity index (χ1n) is 9.00. The van der Waals surface area contributed by atoms with E-state index in [1.165, 1.54) is 24.3 Å². The van der Waals surface area contributed by atoms with E-state index in [1.807, 2.05) is 0 Å². The van der Waals surface area contributed by atoms with Gasteiger partial charge in [0.25, 0.3) is 0 Å². The Bertz CT molecular complexity index is 771. The monoisotopic (exact) mass is 424 g/mol. The van der Waals surface area contributed by atoms with E-state index < -0.39 is 49.3 Å². The van der Waals surface area contributed by atoms with Crippen molar-refractivity contribution in [2.75, 3.05) is 26.9 Å². The average molecular weight is 424 g/mol. The van der Waals surface area contributed by atoms with Crippen LogP contribution in [0.15, 0.2) is 36.4 Å². The Labute approximate surface area is 173 Å². The van der Waals surface area contributed by atoms with Gasteiger partial charge in [0.2, 0.25) is 0 Å². The molecule has 164 valence electrons. The van der Waals surface area contributed by atoms with Crippen LogP contribution < -0.4 is 0 Å². The van der Waals surface area contributed by atoms with Crippen LogP contribution in [0, 0.1) is 0 Å². The van der Waals surface area contributed by atoms with Crippen molar-refractivity contribution in [1.82, 2.24) is 0 Å². The van der Waals surface area contributed by atoms with Gasteiger partial charge in [0.05, 0.1) is 24.3 Å². The molecule has 1 rings (SSSR count). The summed E-state index contributed by atoms with van der Waals surface area (Å²) in [6.07, 6.45) is 0.0465. The standard InChI is InChI=1S/C20H24O10/c1-3-15(21)10-29-19(25)13-5-4-6-14(9-13)20(26)30-12-16(22)11-28-18(24)8-7-17(23)27-2/h4-9,15-16,21-22H,3,10-12H2,1-2H3/b8-7+. The molecule has 2 N–H and O–H groups in total. The van der Waals surface area contributed by atoms with Crippen molar-refractivity contribution in [1.29, 1.82) is 0 Å². The summed E-state index contributed by atoms with van der Waals surface area (Å²) in [6.45, 7) is 0.640. The topological polar surface area (TPSA) is 146 Å². The van der Waals surface area contributed by atoms with Crippen molar-refractivity contribution in [3.8, 4) is 0 Å². The second kappa shape index (κ2) is 13.1. The normalized spacial score (nSPS) is 12.7. The molecule has 0 aliphatic rings. The van der Waals surface area contributed by atoms with Crippen molar-refractivity contribution >= 4 is 23.9 Å². The highest BCUT2D eigenvalue weighted by molar-refractivity contribution is 5.95. The summed E-state index contributed by atoms with van der Waals surface area (Å²) in [6, 6.07) is 5.56. The Kier molecular flexibility index (Phi) is 10.8. The minimum absolute atomic E-state index is 0.0469. The molecule has 0 aliphatic heterocycles. The maximum Gasteiger partial charge on any atom is 0.338 e. The fourth-order valence-electron chi connectivity index (χ4n) is 1.88. The minimum Gasteiger partial charge on any atom is -0.466 e. The van der Waals surface area contributed by atoms with Crippen molar-refractivity contribution in [2.45, 2.75) is 25.6 Å². The Balaban J connectivity index is 2.49. The van der Waals surface area contributed by atoms with Gasteiger partial charge < -0.3 is 29.2 Å². The quantitative estimate of drug-likeness (QED) is 0.291. The number of rotatable bonds is 11. The molecule has 0 saturated carbocycles. The molecule has 0 radical (unpaired) electrons. The lowest BCUT2D eigenvalue weighted by Crippen LogP contribution is -2.25. The number of esters is 4. The summed E-state index contributed by atoms with van der Waals surface area (Å²) in [7, 11) is 1.14. The van der Waals surface area contributed by atoms with E-state index >= 15 is 0 Å². The molecule has 0 aromatic heterocycles. The highest BCUT2D eigenvalue weighted by atomic mass is 16.6. The van der Waals surface area contributed by atoms with Crippen LogP contribution in [0.2, 0.25) is 0 Å². The molecule has 1 aromatic carbocycles. The predicted octanol–water partition coefficient (Wildman–Crippen LogP) is 0.404. The van der Waals surface area contributed by atoms with E-state index in [-0.39, 0.29) is 17.7 Å². The van der Waals surface area contributed by atoms with E-state index in [2.05, 4.69) is 9.47 Å².